The van der Waals surface area contributed by atoms with E-state index in [2.05, 4.69) is 22.3 Å². The van der Waals surface area contributed by atoms with E-state index in [1.807, 2.05) is 0 Å². The number of rotatable bonds is 1. The van der Waals surface area contributed by atoms with Crippen LogP contribution in [0, 0.1) is 5.92 Å². The smallest absolute Gasteiger partial charge is 0.139 e. The molecule has 1 aromatic carbocycles. The number of benzene rings is 1. The summed E-state index contributed by atoms with van der Waals surface area (Å²) in [5.74, 6) is 1.32. The Balaban J connectivity index is 1.59. The Bertz CT molecular complexity index is 633. The third-order valence-electron chi connectivity index (χ3n) is 7.43. The fraction of sp³-hybridized carbons (Fsp3) is 0.714. The van der Waals surface area contributed by atoms with Gasteiger partial charge in [0.1, 0.15) is 5.75 Å². The molecule has 4 aliphatic rings. The van der Waals surface area contributed by atoms with Crippen LogP contribution in [0.4, 0.5) is 5.69 Å². The molecule has 2 aliphatic heterocycles. The minimum atomic E-state index is 0.347. The molecule has 1 aromatic rings. The van der Waals surface area contributed by atoms with Crippen LogP contribution in [0.1, 0.15) is 62.5 Å². The highest BCUT2D eigenvalue weighted by Crippen LogP contribution is 2.55. The monoisotopic (exact) mass is 326 g/mol. The molecule has 3 atom stereocenters. The molecule has 130 valence electrons. The number of nitrogens with zero attached hydrogens (tertiary/aromatic N) is 1. The van der Waals surface area contributed by atoms with Gasteiger partial charge >= 0.3 is 0 Å². The van der Waals surface area contributed by atoms with E-state index in [9.17, 15) is 5.11 Å². The molecule has 2 aliphatic carbocycles. The van der Waals surface area contributed by atoms with Gasteiger partial charge in [-0.15, -0.1) is 0 Å². The summed E-state index contributed by atoms with van der Waals surface area (Å²) in [4.78, 5) is 2.41. The van der Waals surface area contributed by atoms with E-state index in [0.717, 1.165) is 37.7 Å². The molecule has 24 heavy (non-hydrogen) atoms. The number of anilines is 1. The van der Waals surface area contributed by atoms with Crippen LogP contribution in [-0.2, 0) is 11.8 Å². The summed E-state index contributed by atoms with van der Waals surface area (Å²) >= 11 is 0. The van der Waals surface area contributed by atoms with E-state index in [0.29, 0.717) is 17.2 Å². The molecule has 2 heterocycles. The fourth-order valence-electron chi connectivity index (χ4n) is 6.35. The molecular weight excluding hydrogens is 296 g/mol. The number of nitrogens with one attached hydrogen (secondary N) is 1. The van der Waals surface area contributed by atoms with Gasteiger partial charge in [0.05, 0.1) is 5.69 Å². The number of hydrogen-bond donors (Lipinski definition) is 2. The van der Waals surface area contributed by atoms with Crippen molar-refractivity contribution in [1.82, 2.24) is 5.32 Å². The molecule has 1 saturated carbocycles. The van der Waals surface area contributed by atoms with Gasteiger partial charge in [0.15, 0.2) is 0 Å². The first-order valence-corrected chi connectivity index (χ1v) is 10.1. The molecule has 2 bridgehead atoms. The molecule has 2 saturated heterocycles. The van der Waals surface area contributed by atoms with Gasteiger partial charge in [0.25, 0.3) is 0 Å². The van der Waals surface area contributed by atoms with E-state index >= 15 is 0 Å². The molecule has 3 heteroatoms. The van der Waals surface area contributed by atoms with Crippen LogP contribution < -0.4 is 10.2 Å². The lowest BCUT2D eigenvalue weighted by Gasteiger charge is -2.56. The normalized spacial score (nSPS) is 35.2. The van der Waals surface area contributed by atoms with Gasteiger partial charge in [0, 0.05) is 24.5 Å². The van der Waals surface area contributed by atoms with Crippen LogP contribution in [-0.4, -0.2) is 30.8 Å². The SMILES string of the molecule is Oc1cc2c(cc1N1CCCCC1)C[C@@H]1NCC[C@]23CCCC[C@H]13. The van der Waals surface area contributed by atoms with Gasteiger partial charge in [-0.3, -0.25) is 0 Å². The predicted molar refractivity (Wildman–Crippen MR) is 97.9 cm³/mol. The largest absolute Gasteiger partial charge is 0.506 e. The van der Waals surface area contributed by atoms with E-state index in [1.54, 1.807) is 0 Å². The van der Waals surface area contributed by atoms with Crippen LogP contribution in [0.2, 0.25) is 0 Å². The molecule has 2 N–H and O–H groups in total. The lowest BCUT2D eigenvalue weighted by molar-refractivity contribution is 0.0795. The number of aromatic hydroxyl groups is 1. The third kappa shape index (κ3) is 2.13. The Kier molecular flexibility index (Phi) is 3.55. The summed E-state index contributed by atoms with van der Waals surface area (Å²) in [6, 6.07) is 5.19. The maximum Gasteiger partial charge on any atom is 0.139 e. The zero-order chi connectivity index (χ0) is 16.1. The highest BCUT2D eigenvalue weighted by molar-refractivity contribution is 5.63. The van der Waals surface area contributed by atoms with Crippen molar-refractivity contribution in [3.8, 4) is 5.75 Å². The van der Waals surface area contributed by atoms with Crippen LogP contribution >= 0.6 is 0 Å². The Morgan fingerprint density at radius 1 is 1.04 bits per heavy atom. The third-order valence-corrected chi connectivity index (χ3v) is 7.43. The minimum absolute atomic E-state index is 0.347. The standard InChI is InChI=1S/C21H30N2O/c24-20-14-17-15(13-19(20)23-10-4-1-5-11-23)12-18-16-6-2-3-7-21(16,17)8-9-22-18/h13-14,16,18,22,24H,1-12H2/t16-,18+,21+/m1/s1. The van der Waals surface area contributed by atoms with Crippen LogP contribution in [0.25, 0.3) is 0 Å². The van der Waals surface area contributed by atoms with E-state index in [-0.39, 0.29) is 0 Å². The van der Waals surface area contributed by atoms with Crippen molar-refractivity contribution in [2.75, 3.05) is 24.5 Å². The molecule has 3 fully saturated rings. The number of piperidine rings is 2. The maximum absolute atomic E-state index is 10.8. The fourth-order valence-corrected chi connectivity index (χ4v) is 6.35. The molecule has 0 unspecified atom stereocenters. The second-order valence-corrected chi connectivity index (χ2v) is 8.57. The first-order valence-electron chi connectivity index (χ1n) is 10.1. The van der Waals surface area contributed by atoms with Gasteiger partial charge in [-0.05, 0) is 80.7 Å². The average Bonchev–Trinajstić information content (AvgIpc) is 2.63. The van der Waals surface area contributed by atoms with Crippen LogP contribution in [0.5, 0.6) is 5.75 Å². The van der Waals surface area contributed by atoms with Gasteiger partial charge in [-0.1, -0.05) is 12.8 Å². The summed E-state index contributed by atoms with van der Waals surface area (Å²) in [6.07, 6.45) is 11.7. The lowest BCUT2D eigenvalue weighted by Crippen LogP contribution is -2.59. The summed E-state index contributed by atoms with van der Waals surface area (Å²) in [5.41, 5.74) is 4.46. The summed E-state index contributed by atoms with van der Waals surface area (Å²) < 4.78 is 0. The first kappa shape index (κ1) is 15.1. The molecule has 5 rings (SSSR count). The van der Waals surface area contributed by atoms with E-state index in [4.69, 9.17) is 0 Å². The zero-order valence-corrected chi connectivity index (χ0v) is 14.7. The topological polar surface area (TPSA) is 35.5 Å². The van der Waals surface area contributed by atoms with Crippen molar-refractivity contribution in [1.29, 1.82) is 0 Å². The van der Waals surface area contributed by atoms with Crippen molar-refractivity contribution in [2.45, 2.75) is 69.2 Å². The zero-order valence-electron chi connectivity index (χ0n) is 14.7. The van der Waals surface area contributed by atoms with Gasteiger partial charge in [-0.2, -0.15) is 0 Å². The van der Waals surface area contributed by atoms with Crippen LogP contribution in [0.15, 0.2) is 12.1 Å². The Hall–Kier alpha value is -1.22. The number of phenolic OH excluding ortho intramolecular Hbond substituents is 1. The Labute approximate surface area is 145 Å². The second kappa shape index (κ2) is 5.66. The average molecular weight is 326 g/mol. The number of hydrogen-bond acceptors (Lipinski definition) is 3. The number of fused-ring (bicyclic) bond motifs is 1. The van der Waals surface area contributed by atoms with Gasteiger partial charge in [0.2, 0.25) is 0 Å². The van der Waals surface area contributed by atoms with Crippen molar-refractivity contribution >= 4 is 5.69 Å². The van der Waals surface area contributed by atoms with Crippen LogP contribution in [0.3, 0.4) is 0 Å². The number of phenols is 1. The quantitative estimate of drug-likeness (QED) is 0.825. The molecule has 0 aromatic heterocycles. The summed E-state index contributed by atoms with van der Waals surface area (Å²) in [5, 5.41) is 14.7. The van der Waals surface area contributed by atoms with E-state index < -0.39 is 0 Å². The molecule has 0 amide bonds. The minimum Gasteiger partial charge on any atom is -0.506 e. The van der Waals surface area contributed by atoms with Crippen molar-refractivity contribution in [3.05, 3.63) is 23.3 Å². The van der Waals surface area contributed by atoms with E-state index in [1.165, 1.54) is 62.5 Å². The highest BCUT2D eigenvalue weighted by atomic mass is 16.3. The highest BCUT2D eigenvalue weighted by Gasteiger charge is 2.51. The molecule has 0 spiro atoms. The van der Waals surface area contributed by atoms with Crippen molar-refractivity contribution in [3.63, 3.8) is 0 Å². The molecule has 3 nitrogen and oxygen atoms in total. The summed E-state index contributed by atoms with van der Waals surface area (Å²) in [6.45, 7) is 3.35. The lowest BCUT2D eigenvalue weighted by atomic mass is 9.53. The van der Waals surface area contributed by atoms with Crippen molar-refractivity contribution in [2.24, 2.45) is 5.92 Å². The molecular formula is C21H30N2O. The van der Waals surface area contributed by atoms with Gasteiger partial charge < -0.3 is 15.3 Å². The summed E-state index contributed by atoms with van der Waals surface area (Å²) in [7, 11) is 0. The second-order valence-electron chi connectivity index (χ2n) is 8.57. The maximum atomic E-state index is 10.8. The Morgan fingerprint density at radius 2 is 1.92 bits per heavy atom. The predicted octanol–water partition coefficient (Wildman–Crippen LogP) is 3.73. The first-order chi connectivity index (χ1) is 11.8. The Morgan fingerprint density at radius 3 is 2.79 bits per heavy atom. The van der Waals surface area contributed by atoms with Crippen molar-refractivity contribution < 1.29 is 5.11 Å². The molecule has 0 radical (unpaired) electrons. The van der Waals surface area contributed by atoms with Gasteiger partial charge in [-0.25, -0.2) is 0 Å².